The number of anilines is 1. The van der Waals surface area contributed by atoms with Crippen LogP contribution in [0.2, 0.25) is 0 Å². The average Bonchev–Trinajstić information content (AvgIpc) is 1.97. The molecule has 0 spiro atoms. The van der Waals surface area contributed by atoms with Gasteiger partial charge in [-0.3, -0.25) is 0 Å². The number of hydrogen-bond acceptors (Lipinski definition) is 3. The highest BCUT2D eigenvalue weighted by atomic mass is 79.9. The van der Waals surface area contributed by atoms with Crippen LogP contribution in [-0.4, -0.2) is 24.2 Å². The van der Waals surface area contributed by atoms with Gasteiger partial charge in [0.05, 0.1) is 19.3 Å². The molecular formula is C8H9BrN2O. The maximum atomic E-state index is 5.05. The standard InChI is InChI=1S/C8H9BrN2O/c9-8-3-6(1-2-10-8)11-7-4-12-5-7/h1-3,7H,4-5H2,(H,10,11). The zero-order valence-electron chi connectivity index (χ0n) is 6.46. The molecule has 0 atom stereocenters. The fourth-order valence-corrected chi connectivity index (χ4v) is 1.41. The molecule has 64 valence electrons. The van der Waals surface area contributed by atoms with Crippen molar-refractivity contribution in [2.24, 2.45) is 0 Å². The lowest BCUT2D eigenvalue weighted by atomic mass is 10.2. The van der Waals surface area contributed by atoms with Crippen molar-refractivity contribution in [3.63, 3.8) is 0 Å². The summed E-state index contributed by atoms with van der Waals surface area (Å²) in [5, 5.41) is 3.32. The average molecular weight is 229 g/mol. The summed E-state index contributed by atoms with van der Waals surface area (Å²) in [5.41, 5.74) is 1.09. The third kappa shape index (κ3) is 1.76. The molecule has 1 aliphatic rings. The van der Waals surface area contributed by atoms with E-state index in [1.807, 2.05) is 12.1 Å². The van der Waals surface area contributed by atoms with E-state index in [0.717, 1.165) is 23.5 Å². The van der Waals surface area contributed by atoms with Crippen molar-refractivity contribution in [3.8, 4) is 0 Å². The summed E-state index contributed by atoms with van der Waals surface area (Å²) in [6.07, 6.45) is 1.77. The van der Waals surface area contributed by atoms with Gasteiger partial charge in [-0.25, -0.2) is 4.98 Å². The Morgan fingerprint density at radius 2 is 2.42 bits per heavy atom. The summed E-state index contributed by atoms with van der Waals surface area (Å²) in [7, 11) is 0. The second-order valence-electron chi connectivity index (χ2n) is 2.75. The molecule has 0 saturated carbocycles. The number of ether oxygens (including phenoxy) is 1. The molecule has 0 radical (unpaired) electrons. The molecule has 2 rings (SSSR count). The minimum Gasteiger partial charge on any atom is -0.378 e. The van der Waals surface area contributed by atoms with Gasteiger partial charge in [-0.15, -0.1) is 0 Å². The third-order valence-electron chi connectivity index (χ3n) is 1.74. The molecule has 1 fully saturated rings. The first-order valence-electron chi connectivity index (χ1n) is 3.80. The van der Waals surface area contributed by atoms with Crippen molar-refractivity contribution < 1.29 is 4.74 Å². The molecule has 1 aromatic heterocycles. The van der Waals surface area contributed by atoms with Gasteiger partial charge in [-0.2, -0.15) is 0 Å². The van der Waals surface area contributed by atoms with Gasteiger partial charge in [0.25, 0.3) is 0 Å². The third-order valence-corrected chi connectivity index (χ3v) is 2.17. The predicted molar refractivity (Wildman–Crippen MR) is 50.2 cm³/mol. The lowest BCUT2D eigenvalue weighted by molar-refractivity contribution is 0.0211. The first-order chi connectivity index (χ1) is 5.84. The van der Waals surface area contributed by atoms with Crippen molar-refractivity contribution in [1.29, 1.82) is 0 Å². The van der Waals surface area contributed by atoms with E-state index in [4.69, 9.17) is 4.74 Å². The minimum absolute atomic E-state index is 0.472. The Hall–Kier alpha value is -0.610. The van der Waals surface area contributed by atoms with Gasteiger partial charge in [0.2, 0.25) is 0 Å². The lowest BCUT2D eigenvalue weighted by Crippen LogP contribution is -2.40. The smallest absolute Gasteiger partial charge is 0.108 e. The molecule has 1 aliphatic heterocycles. The highest BCUT2D eigenvalue weighted by Gasteiger charge is 2.17. The van der Waals surface area contributed by atoms with Gasteiger partial charge in [-0.05, 0) is 28.1 Å². The van der Waals surface area contributed by atoms with E-state index in [0.29, 0.717) is 6.04 Å². The molecule has 0 unspecified atom stereocenters. The fourth-order valence-electron chi connectivity index (χ4n) is 1.05. The molecular weight excluding hydrogens is 220 g/mol. The van der Waals surface area contributed by atoms with Crippen molar-refractivity contribution in [2.75, 3.05) is 18.5 Å². The molecule has 1 aromatic rings. The van der Waals surface area contributed by atoms with Gasteiger partial charge in [0, 0.05) is 11.9 Å². The van der Waals surface area contributed by atoms with Crippen molar-refractivity contribution in [3.05, 3.63) is 22.9 Å². The summed E-state index contributed by atoms with van der Waals surface area (Å²) in [6.45, 7) is 1.61. The number of pyridine rings is 1. The van der Waals surface area contributed by atoms with E-state index in [1.54, 1.807) is 6.20 Å². The van der Waals surface area contributed by atoms with E-state index in [1.165, 1.54) is 0 Å². The van der Waals surface area contributed by atoms with Crippen LogP contribution in [0.1, 0.15) is 0 Å². The highest BCUT2D eigenvalue weighted by Crippen LogP contribution is 2.15. The SMILES string of the molecule is Brc1cc(NC2COC2)ccn1. The van der Waals surface area contributed by atoms with E-state index in [9.17, 15) is 0 Å². The minimum atomic E-state index is 0.472. The van der Waals surface area contributed by atoms with Crippen LogP contribution in [0.3, 0.4) is 0 Å². The largest absolute Gasteiger partial charge is 0.378 e. The van der Waals surface area contributed by atoms with Crippen LogP contribution < -0.4 is 5.32 Å². The van der Waals surface area contributed by atoms with Crippen LogP contribution in [0.15, 0.2) is 22.9 Å². The first-order valence-corrected chi connectivity index (χ1v) is 4.60. The van der Waals surface area contributed by atoms with Crippen LogP contribution in [-0.2, 0) is 4.74 Å². The Morgan fingerprint density at radius 3 is 3.00 bits per heavy atom. The number of nitrogens with one attached hydrogen (secondary N) is 1. The zero-order valence-corrected chi connectivity index (χ0v) is 8.04. The summed E-state index contributed by atoms with van der Waals surface area (Å²) >= 11 is 3.31. The normalized spacial score (nSPS) is 17.1. The van der Waals surface area contributed by atoms with E-state index in [-0.39, 0.29) is 0 Å². The Labute approximate surface area is 79.3 Å². The monoisotopic (exact) mass is 228 g/mol. The summed E-state index contributed by atoms with van der Waals surface area (Å²) in [6, 6.07) is 4.38. The van der Waals surface area contributed by atoms with Crippen LogP contribution in [0.4, 0.5) is 5.69 Å². The van der Waals surface area contributed by atoms with Gasteiger partial charge in [-0.1, -0.05) is 0 Å². The second kappa shape index (κ2) is 3.41. The Balaban J connectivity index is 2.02. The number of nitrogens with zero attached hydrogens (tertiary/aromatic N) is 1. The van der Waals surface area contributed by atoms with E-state index < -0.39 is 0 Å². The number of rotatable bonds is 2. The maximum Gasteiger partial charge on any atom is 0.108 e. The molecule has 3 nitrogen and oxygen atoms in total. The van der Waals surface area contributed by atoms with Gasteiger partial charge < -0.3 is 10.1 Å². The molecule has 0 amide bonds. The van der Waals surface area contributed by atoms with E-state index in [2.05, 4.69) is 26.2 Å². The molecule has 0 bridgehead atoms. The summed E-state index contributed by atoms with van der Waals surface area (Å²) < 4.78 is 5.90. The summed E-state index contributed by atoms with van der Waals surface area (Å²) in [4.78, 5) is 4.04. The van der Waals surface area contributed by atoms with Crippen molar-refractivity contribution in [1.82, 2.24) is 4.98 Å². The molecule has 1 N–H and O–H groups in total. The van der Waals surface area contributed by atoms with E-state index >= 15 is 0 Å². The van der Waals surface area contributed by atoms with Crippen LogP contribution in [0.5, 0.6) is 0 Å². The van der Waals surface area contributed by atoms with Crippen LogP contribution in [0.25, 0.3) is 0 Å². The quantitative estimate of drug-likeness (QED) is 0.783. The second-order valence-corrected chi connectivity index (χ2v) is 3.56. The van der Waals surface area contributed by atoms with Gasteiger partial charge in [0.1, 0.15) is 4.60 Å². The molecule has 4 heteroatoms. The fraction of sp³-hybridized carbons (Fsp3) is 0.375. The van der Waals surface area contributed by atoms with Crippen molar-refractivity contribution in [2.45, 2.75) is 6.04 Å². The molecule has 0 aliphatic carbocycles. The number of aromatic nitrogens is 1. The summed E-state index contributed by atoms with van der Waals surface area (Å²) in [5.74, 6) is 0. The molecule has 2 heterocycles. The Morgan fingerprint density at radius 1 is 1.58 bits per heavy atom. The zero-order chi connectivity index (χ0) is 8.39. The topological polar surface area (TPSA) is 34.1 Å². The Kier molecular flexibility index (Phi) is 2.28. The lowest BCUT2D eigenvalue weighted by Gasteiger charge is -2.27. The van der Waals surface area contributed by atoms with Gasteiger partial charge in [0.15, 0.2) is 0 Å². The highest BCUT2D eigenvalue weighted by molar-refractivity contribution is 9.10. The maximum absolute atomic E-state index is 5.05. The predicted octanol–water partition coefficient (Wildman–Crippen LogP) is 1.65. The molecule has 0 aromatic carbocycles. The number of halogens is 1. The molecule has 12 heavy (non-hydrogen) atoms. The first kappa shape index (κ1) is 8.01. The van der Waals surface area contributed by atoms with Gasteiger partial charge >= 0.3 is 0 Å². The molecule has 1 saturated heterocycles. The Bertz CT molecular complexity index is 276. The number of hydrogen-bond donors (Lipinski definition) is 1. The van der Waals surface area contributed by atoms with Crippen molar-refractivity contribution >= 4 is 21.6 Å². The van der Waals surface area contributed by atoms with Crippen LogP contribution >= 0.6 is 15.9 Å². The van der Waals surface area contributed by atoms with Crippen LogP contribution in [0, 0.1) is 0 Å².